The van der Waals surface area contributed by atoms with Gasteiger partial charge in [-0.25, -0.2) is 0 Å². The number of rotatable bonds is 8. The molecule has 32 heavy (non-hydrogen) atoms. The first kappa shape index (κ1) is 21.8. The fourth-order valence-electron chi connectivity index (χ4n) is 2.80. The van der Waals surface area contributed by atoms with Crippen LogP contribution in [0.3, 0.4) is 0 Å². The van der Waals surface area contributed by atoms with E-state index in [1.54, 1.807) is 18.2 Å². The Labute approximate surface area is 193 Å². The summed E-state index contributed by atoms with van der Waals surface area (Å²) >= 11 is 2.47. The van der Waals surface area contributed by atoms with Gasteiger partial charge in [0.05, 0.1) is 5.75 Å². The number of aryl methyl sites for hydroxylation is 1. The van der Waals surface area contributed by atoms with Gasteiger partial charge in [0.25, 0.3) is 0 Å². The normalized spacial score (nSPS) is 12.2. The van der Waals surface area contributed by atoms with Crippen molar-refractivity contribution in [2.45, 2.75) is 17.7 Å². The molecule has 1 aromatic heterocycles. The fourth-order valence-corrected chi connectivity index (χ4v) is 4.36. The van der Waals surface area contributed by atoms with E-state index in [0.717, 1.165) is 17.7 Å². The van der Waals surface area contributed by atoms with Crippen LogP contribution in [0.2, 0.25) is 0 Å². The zero-order valence-electron chi connectivity index (χ0n) is 17.2. The van der Waals surface area contributed by atoms with Crippen LogP contribution < -0.4 is 20.1 Å². The van der Waals surface area contributed by atoms with Gasteiger partial charge in [-0.3, -0.25) is 14.9 Å². The molecule has 2 N–H and O–H groups in total. The first-order chi connectivity index (χ1) is 15.6. The molecule has 8 nitrogen and oxygen atoms in total. The monoisotopic (exact) mass is 468 g/mol. The van der Waals surface area contributed by atoms with Gasteiger partial charge in [0, 0.05) is 11.8 Å². The first-order valence-corrected chi connectivity index (χ1v) is 11.6. The number of hydrogen-bond donors (Lipinski definition) is 2. The van der Waals surface area contributed by atoms with Gasteiger partial charge < -0.3 is 14.8 Å². The highest BCUT2D eigenvalue weighted by atomic mass is 32.2. The quantitative estimate of drug-likeness (QED) is 0.290. The number of nitrogens with one attached hydrogen (secondary N) is 2. The van der Waals surface area contributed by atoms with Crippen molar-refractivity contribution in [3.05, 3.63) is 59.7 Å². The van der Waals surface area contributed by atoms with Crippen molar-refractivity contribution in [2.75, 3.05) is 23.2 Å². The summed E-state index contributed by atoms with van der Waals surface area (Å²) in [5.41, 5.74) is 2.78. The van der Waals surface area contributed by atoms with E-state index in [1.165, 1.54) is 34.7 Å². The maximum atomic E-state index is 12.2. The van der Waals surface area contributed by atoms with Crippen LogP contribution in [0.25, 0.3) is 6.08 Å². The third-order valence-electron chi connectivity index (χ3n) is 4.43. The second-order valence-electron chi connectivity index (χ2n) is 6.70. The number of carbonyl (C=O) groups is 2. The van der Waals surface area contributed by atoms with Crippen LogP contribution >= 0.6 is 23.1 Å². The third kappa shape index (κ3) is 5.86. The van der Waals surface area contributed by atoms with Gasteiger partial charge in [0.2, 0.25) is 23.7 Å². The minimum absolute atomic E-state index is 0.133. The summed E-state index contributed by atoms with van der Waals surface area (Å²) in [6.07, 6.45) is 4.03. The van der Waals surface area contributed by atoms with Crippen LogP contribution in [0.4, 0.5) is 10.8 Å². The summed E-state index contributed by atoms with van der Waals surface area (Å²) in [4.78, 5) is 24.3. The van der Waals surface area contributed by atoms with Crippen LogP contribution in [0.5, 0.6) is 11.5 Å². The zero-order valence-corrected chi connectivity index (χ0v) is 18.8. The van der Waals surface area contributed by atoms with Gasteiger partial charge in [0.15, 0.2) is 15.8 Å². The summed E-state index contributed by atoms with van der Waals surface area (Å²) in [6, 6.07) is 13.2. The lowest BCUT2D eigenvalue weighted by Crippen LogP contribution is -2.13. The number of nitrogens with zero attached hydrogens (tertiary/aromatic N) is 2. The van der Waals surface area contributed by atoms with Crippen molar-refractivity contribution in [3.63, 3.8) is 0 Å². The van der Waals surface area contributed by atoms with Crippen molar-refractivity contribution in [1.82, 2.24) is 10.2 Å². The Morgan fingerprint density at radius 3 is 2.72 bits per heavy atom. The SMILES string of the molecule is CCc1ccc(NC(=O)CSc2nnc(NC(=O)/C=C/c3ccc4c(c3)OCO4)s2)cc1. The third-order valence-corrected chi connectivity index (χ3v) is 6.41. The highest BCUT2D eigenvalue weighted by Crippen LogP contribution is 2.32. The predicted molar refractivity (Wildman–Crippen MR) is 125 cm³/mol. The Balaban J connectivity index is 1.24. The van der Waals surface area contributed by atoms with Crippen LogP contribution in [0.15, 0.2) is 52.9 Å². The van der Waals surface area contributed by atoms with Crippen molar-refractivity contribution >= 4 is 51.8 Å². The Bertz CT molecular complexity index is 1150. The number of hydrogen-bond acceptors (Lipinski definition) is 8. The Morgan fingerprint density at radius 2 is 1.91 bits per heavy atom. The first-order valence-electron chi connectivity index (χ1n) is 9.83. The molecule has 0 unspecified atom stereocenters. The van der Waals surface area contributed by atoms with Crippen molar-refractivity contribution in [2.24, 2.45) is 0 Å². The number of ether oxygens (including phenoxy) is 2. The van der Waals surface area contributed by atoms with Gasteiger partial charge >= 0.3 is 0 Å². The van der Waals surface area contributed by atoms with Crippen LogP contribution in [0.1, 0.15) is 18.1 Å². The number of benzene rings is 2. The lowest BCUT2D eigenvalue weighted by atomic mass is 10.1. The molecule has 1 aliphatic heterocycles. The molecule has 0 atom stereocenters. The molecule has 0 saturated heterocycles. The molecule has 0 aliphatic carbocycles. The molecule has 2 heterocycles. The number of fused-ring (bicyclic) bond motifs is 1. The fraction of sp³-hybridized carbons (Fsp3) is 0.182. The Kier molecular flexibility index (Phi) is 7.03. The number of aromatic nitrogens is 2. The average Bonchev–Trinajstić information content (AvgIpc) is 3.45. The largest absolute Gasteiger partial charge is 0.454 e. The second-order valence-corrected chi connectivity index (χ2v) is 8.90. The summed E-state index contributed by atoms with van der Waals surface area (Å²) in [5, 5.41) is 13.9. The van der Waals surface area contributed by atoms with E-state index < -0.39 is 0 Å². The molecule has 0 saturated carbocycles. The van der Waals surface area contributed by atoms with Crippen LogP contribution in [0, 0.1) is 0 Å². The maximum absolute atomic E-state index is 12.2. The van der Waals surface area contributed by atoms with E-state index >= 15 is 0 Å². The molecule has 10 heteroatoms. The molecule has 2 aromatic carbocycles. The number of thioether (sulfide) groups is 1. The van der Waals surface area contributed by atoms with Gasteiger partial charge in [0.1, 0.15) is 0 Å². The van der Waals surface area contributed by atoms with E-state index in [0.29, 0.717) is 21.0 Å². The Morgan fingerprint density at radius 1 is 1.09 bits per heavy atom. The predicted octanol–water partition coefficient (Wildman–Crippen LogP) is 4.21. The molecular formula is C22H20N4O4S2. The zero-order chi connectivity index (χ0) is 22.3. The molecule has 2 amide bonds. The molecule has 0 radical (unpaired) electrons. The number of anilines is 2. The van der Waals surface area contributed by atoms with Crippen molar-refractivity contribution < 1.29 is 19.1 Å². The van der Waals surface area contributed by atoms with Crippen LogP contribution in [-0.4, -0.2) is 34.6 Å². The van der Waals surface area contributed by atoms with Gasteiger partial charge in [-0.2, -0.15) is 0 Å². The molecule has 3 aromatic rings. The van der Waals surface area contributed by atoms with E-state index in [-0.39, 0.29) is 24.4 Å². The summed E-state index contributed by atoms with van der Waals surface area (Å²) in [6.45, 7) is 2.28. The minimum Gasteiger partial charge on any atom is -0.454 e. The second kappa shape index (κ2) is 10.3. The van der Waals surface area contributed by atoms with Crippen LogP contribution in [-0.2, 0) is 16.0 Å². The van der Waals surface area contributed by atoms with Crippen molar-refractivity contribution in [1.29, 1.82) is 0 Å². The molecule has 0 bridgehead atoms. The molecule has 164 valence electrons. The molecule has 1 aliphatic rings. The standard InChI is InChI=1S/C22H20N4O4S2/c1-2-14-3-7-16(8-4-14)23-20(28)12-31-22-26-25-21(32-22)24-19(27)10-6-15-5-9-17-18(11-15)30-13-29-17/h3-11H,2,12-13H2,1H3,(H,23,28)(H,24,25,27)/b10-6+. The summed E-state index contributed by atoms with van der Waals surface area (Å²) < 4.78 is 11.2. The van der Waals surface area contributed by atoms with E-state index in [4.69, 9.17) is 9.47 Å². The minimum atomic E-state index is -0.330. The highest BCUT2D eigenvalue weighted by molar-refractivity contribution is 8.01. The number of amides is 2. The van der Waals surface area contributed by atoms with E-state index in [9.17, 15) is 9.59 Å². The maximum Gasteiger partial charge on any atom is 0.250 e. The van der Waals surface area contributed by atoms with E-state index in [2.05, 4.69) is 27.8 Å². The topological polar surface area (TPSA) is 102 Å². The van der Waals surface area contributed by atoms with Crippen molar-refractivity contribution in [3.8, 4) is 11.5 Å². The van der Waals surface area contributed by atoms with Gasteiger partial charge in [-0.1, -0.05) is 48.2 Å². The van der Waals surface area contributed by atoms with Gasteiger partial charge in [-0.05, 0) is 47.9 Å². The molecule has 4 rings (SSSR count). The van der Waals surface area contributed by atoms with Gasteiger partial charge in [-0.15, -0.1) is 10.2 Å². The smallest absolute Gasteiger partial charge is 0.250 e. The summed E-state index contributed by atoms with van der Waals surface area (Å²) in [7, 11) is 0. The lowest BCUT2D eigenvalue weighted by molar-refractivity contribution is -0.114. The molecule has 0 spiro atoms. The number of carbonyl (C=O) groups excluding carboxylic acids is 2. The van der Waals surface area contributed by atoms with E-state index in [1.807, 2.05) is 30.3 Å². The average molecular weight is 469 g/mol. The summed E-state index contributed by atoms with van der Waals surface area (Å²) in [5.74, 6) is 1.08. The lowest BCUT2D eigenvalue weighted by Gasteiger charge is -2.05. The molecule has 0 fully saturated rings. The Hall–Kier alpha value is -3.37. The molecular weight excluding hydrogens is 448 g/mol. The highest BCUT2D eigenvalue weighted by Gasteiger charge is 2.13.